The smallest absolute Gasteiger partial charge is 0.235 e. The predicted molar refractivity (Wildman–Crippen MR) is 79.4 cm³/mol. The number of nitrogens with two attached hydrogens (primary N) is 1. The largest absolute Gasteiger partial charge is 0.399 e. The summed E-state index contributed by atoms with van der Waals surface area (Å²) in [4.78, 5) is 15.6. The number of benzene rings is 1. The highest BCUT2D eigenvalue weighted by Gasteiger charge is 2.23. The van der Waals surface area contributed by atoms with Crippen molar-refractivity contribution < 1.29 is 13.2 Å². The Labute approximate surface area is 120 Å². The molecule has 3 N–H and O–H groups in total. The summed E-state index contributed by atoms with van der Waals surface area (Å²) in [5, 5.41) is 2.54. The van der Waals surface area contributed by atoms with E-state index >= 15 is 0 Å². The van der Waals surface area contributed by atoms with Gasteiger partial charge in [-0.25, -0.2) is 13.4 Å². The third-order valence-corrected chi connectivity index (χ3v) is 5.64. The first kappa shape index (κ1) is 14.7. The van der Waals surface area contributed by atoms with Gasteiger partial charge in [0.1, 0.15) is 5.75 Å². The molecule has 1 heterocycles. The lowest BCUT2D eigenvalue weighted by Gasteiger charge is -2.02. The van der Waals surface area contributed by atoms with Crippen LogP contribution < -0.4 is 11.1 Å². The number of aromatic nitrogens is 1. The number of hydrogen-bond acceptors (Lipinski definition) is 6. The first-order chi connectivity index (χ1) is 9.42. The normalized spacial score (nSPS) is 11.7. The van der Waals surface area contributed by atoms with Gasteiger partial charge in [-0.1, -0.05) is 6.92 Å². The molecule has 108 valence electrons. The summed E-state index contributed by atoms with van der Waals surface area (Å²) in [6.07, 6.45) is 0.756. The van der Waals surface area contributed by atoms with Crippen molar-refractivity contribution in [3.05, 3.63) is 18.2 Å². The summed E-state index contributed by atoms with van der Waals surface area (Å²) in [5.74, 6) is -1.09. The van der Waals surface area contributed by atoms with Crippen LogP contribution in [0, 0.1) is 0 Å². The summed E-state index contributed by atoms with van der Waals surface area (Å²) < 4.78 is 24.9. The van der Waals surface area contributed by atoms with Crippen LogP contribution in [0.3, 0.4) is 0 Å². The van der Waals surface area contributed by atoms with Gasteiger partial charge in [0, 0.05) is 12.2 Å². The van der Waals surface area contributed by atoms with Gasteiger partial charge in [-0.2, -0.15) is 0 Å². The number of nitrogens with zero attached hydrogens (tertiary/aromatic N) is 1. The zero-order chi connectivity index (χ0) is 14.8. The maximum atomic E-state index is 12.1. The van der Waals surface area contributed by atoms with Crippen molar-refractivity contribution in [2.45, 2.75) is 17.7 Å². The van der Waals surface area contributed by atoms with E-state index in [1.165, 1.54) is 0 Å². The molecule has 2 aromatic rings. The van der Waals surface area contributed by atoms with E-state index in [0.717, 1.165) is 17.8 Å². The molecule has 0 spiro atoms. The number of fused-ring (bicyclic) bond motifs is 1. The van der Waals surface area contributed by atoms with E-state index in [4.69, 9.17) is 5.73 Å². The van der Waals surface area contributed by atoms with Crippen LogP contribution in [0.5, 0.6) is 0 Å². The van der Waals surface area contributed by atoms with Crippen LogP contribution in [0.15, 0.2) is 22.5 Å². The second-order valence-electron chi connectivity index (χ2n) is 4.32. The van der Waals surface area contributed by atoms with Crippen LogP contribution in [0.1, 0.15) is 13.3 Å². The number of sulfone groups is 1. The molecule has 1 amide bonds. The minimum absolute atomic E-state index is 0.0512. The number of carbonyl (C=O) groups is 1. The number of nitrogen functional groups attached to an aromatic ring is 1. The molecule has 0 aliphatic carbocycles. The SMILES string of the molecule is CCCNC(=O)CS(=O)(=O)c1nc2ccc(N)cc2s1. The van der Waals surface area contributed by atoms with Crippen molar-refractivity contribution in [2.75, 3.05) is 18.0 Å². The maximum Gasteiger partial charge on any atom is 0.235 e. The quantitative estimate of drug-likeness (QED) is 0.807. The molecule has 0 aliphatic rings. The highest BCUT2D eigenvalue weighted by Crippen LogP contribution is 2.27. The molecule has 0 radical (unpaired) electrons. The number of thiazole rings is 1. The summed E-state index contributed by atoms with van der Waals surface area (Å²) in [5.41, 5.74) is 6.76. The summed E-state index contributed by atoms with van der Waals surface area (Å²) in [6.45, 7) is 2.36. The molecule has 2 rings (SSSR count). The Morgan fingerprint density at radius 3 is 2.90 bits per heavy atom. The third-order valence-electron chi connectivity index (χ3n) is 2.55. The van der Waals surface area contributed by atoms with Crippen molar-refractivity contribution in [3.63, 3.8) is 0 Å². The predicted octanol–water partition coefficient (Wildman–Crippen LogP) is 1.18. The van der Waals surface area contributed by atoms with Crippen molar-refractivity contribution in [1.29, 1.82) is 0 Å². The van der Waals surface area contributed by atoms with Crippen LogP contribution in [-0.2, 0) is 14.6 Å². The van der Waals surface area contributed by atoms with Crippen molar-refractivity contribution in [3.8, 4) is 0 Å². The van der Waals surface area contributed by atoms with Gasteiger partial charge in [0.25, 0.3) is 0 Å². The van der Waals surface area contributed by atoms with Gasteiger partial charge in [0.15, 0.2) is 0 Å². The van der Waals surface area contributed by atoms with E-state index in [1.54, 1.807) is 18.2 Å². The number of amides is 1. The number of anilines is 1. The Morgan fingerprint density at radius 2 is 2.20 bits per heavy atom. The average molecular weight is 313 g/mol. The van der Waals surface area contributed by atoms with Crippen LogP contribution in [-0.4, -0.2) is 31.6 Å². The summed E-state index contributed by atoms with van der Waals surface area (Å²) >= 11 is 1.03. The lowest BCUT2D eigenvalue weighted by atomic mass is 10.3. The van der Waals surface area contributed by atoms with E-state index in [2.05, 4.69) is 10.3 Å². The molecule has 0 saturated heterocycles. The highest BCUT2D eigenvalue weighted by molar-refractivity contribution is 7.94. The summed E-state index contributed by atoms with van der Waals surface area (Å²) in [6, 6.07) is 4.99. The third kappa shape index (κ3) is 3.26. The second kappa shape index (κ2) is 5.76. The molecule has 6 nitrogen and oxygen atoms in total. The lowest BCUT2D eigenvalue weighted by Crippen LogP contribution is -2.30. The Kier molecular flexibility index (Phi) is 4.24. The van der Waals surface area contributed by atoms with Crippen LogP contribution in [0.4, 0.5) is 5.69 Å². The van der Waals surface area contributed by atoms with Gasteiger partial charge in [0.05, 0.1) is 10.2 Å². The minimum atomic E-state index is -3.71. The zero-order valence-electron chi connectivity index (χ0n) is 10.9. The molecule has 0 aliphatic heterocycles. The molecule has 0 fully saturated rings. The Bertz CT molecular complexity index is 737. The molecular weight excluding hydrogens is 298 g/mol. The van der Waals surface area contributed by atoms with Gasteiger partial charge >= 0.3 is 0 Å². The average Bonchev–Trinajstić information content (AvgIpc) is 2.79. The maximum absolute atomic E-state index is 12.1. The van der Waals surface area contributed by atoms with E-state index in [-0.39, 0.29) is 4.34 Å². The van der Waals surface area contributed by atoms with Gasteiger partial charge in [-0.15, -0.1) is 11.3 Å². The van der Waals surface area contributed by atoms with Gasteiger partial charge < -0.3 is 11.1 Å². The molecule has 0 unspecified atom stereocenters. The highest BCUT2D eigenvalue weighted by atomic mass is 32.2. The Morgan fingerprint density at radius 1 is 1.45 bits per heavy atom. The van der Waals surface area contributed by atoms with E-state index in [1.807, 2.05) is 6.92 Å². The summed E-state index contributed by atoms with van der Waals surface area (Å²) in [7, 11) is -3.71. The standard InChI is InChI=1S/C12H15N3O3S2/c1-2-5-14-11(16)7-20(17,18)12-15-9-4-3-8(13)6-10(9)19-12/h3-4,6H,2,5,7,13H2,1H3,(H,14,16). The number of nitrogens with one attached hydrogen (secondary N) is 1. The van der Waals surface area contributed by atoms with E-state index < -0.39 is 21.5 Å². The molecule has 1 aromatic carbocycles. The second-order valence-corrected chi connectivity index (χ2v) is 7.51. The van der Waals surface area contributed by atoms with Gasteiger partial charge in [-0.3, -0.25) is 4.79 Å². The molecule has 8 heteroatoms. The Hall–Kier alpha value is -1.67. The molecule has 0 bridgehead atoms. The van der Waals surface area contributed by atoms with Crippen molar-refractivity contribution in [1.82, 2.24) is 10.3 Å². The molecule has 1 aromatic heterocycles. The molecule has 0 atom stereocenters. The number of hydrogen-bond donors (Lipinski definition) is 2. The minimum Gasteiger partial charge on any atom is -0.399 e. The van der Waals surface area contributed by atoms with Crippen LogP contribution in [0.25, 0.3) is 10.2 Å². The van der Waals surface area contributed by atoms with E-state index in [0.29, 0.717) is 22.4 Å². The molecule has 0 saturated carbocycles. The van der Waals surface area contributed by atoms with Crippen LogP contribution in [0.2, 0.25) is 0 Å². The zero-order valence-corrected chi connectivity index (χ0v) is 12.6. The van der Waals surface area contributed by atoms with Crippen molar-refractivity contribution in [2.24, 2.45) is 0 Å². The van der Waals surface area contributed by atoms with Gasteiger partial charge in [-0.05, 0) is 24.6 Å². The first-order valence-corrected chi connectivity index (χ1v) is 8.55. The first-order valence-electron chi connectivity index (χ1n) is 6.08. The number of carbonyl (C=O) groups excluding carboxylic acids is 1. The van der Waals surface area contributed by atoms with Crippen molar-refractivity contribution >= 4 is 43.0 Å². The monoisotopic (exact) mass is 313 g/mol. The van der Waals surface area contributed by atoms with E-state index in [9.17, 15) is 13.2 Å². The topological polar surface area (TPSA) is 102 Å². The molecule has 20 heavy (non-hydrogen) atoms. The fourth-order valence-electron chi connectivity index (χ4n) is 1.60. The molecular formula is C12H15N3O3S2. The fraction of sp³-hybridized carbons (Fsp3) is 0.333. The fourth-order valence-corrected chi connectivity index (χ4v) is 4.11. The number of rotatable bonds is 5. The van der Waals surface area contributed by atoms with Crippen LogP contribution >= 0.6 is 11.3 Å². The Balaban J connectivity index is 2.25. The van der Waals surface area contributed by atoms with Gasteiger partial charge in [0.2, 0.25) is 20.1 Å². The lowest BCUT2D eigenvalue weighted by molar-refractivity contribution is -0.118.